The minimum atomic E-state index is -2.51. The summed E-state index contributed by atoms with van der Waals surface area (Å²) >= 11 is 0. The summed E-state index contributed by atoms with van der Waals surface area (Å²) in [5.41, 5.74) is 0. The van der Waals surface area contributed by atoms with E-state index in [4.69, 9.17) is 0 Å². The number of hydrogen-bond acceptors (Lipinski definition) is 2. The van der Waals surface area contributed by atoms with E-state index in [0.717, 1.165) is 45.3 Å². The van der Waals surface area contributed by atoms with Gasteiger partial charge in [0.1, 0.15) is 0 Å². The van der Waals surface area contributed by atoms with E-state index in [2.05, 4.69) is 10.2 Å². The highest BCUT2D eigenvalue weighted by molar-refractivity contribution is 4.74. The van der Waals surface area contributed by atoms with E-state index in [0.29, 0.717) is 6.54 Å². The molecule has 1 N–H and O–H groups in total. The molecule has 0 atom stereocenters. The van der Waals surface area contributed by atoms with Crippen LogP contribution in [0, 0.1) is 5.92 Å². The number of rotatable bonds is 5. The number of nitrogens with one attached hydrogen (secondary N) is 1. The van der Waals surface area contributed by atoms with Gasteiger partial charge >= 0.3 is 0 Å². The van der Waals surface area contributed by atoms with E-state index in [1.165, 1.54) is 0 Å². The van der Waals surface area contributed by atoms with Gasteiger partial charge in [-0.1, -0.05) is 0 Å². The summed E-state index contributed by atoms with van der Waals surface area (Å²) in [5.74, 6) is -1.78. The summed E-state index contributed by atoms with van der Waals surface area (Å²) in [5, 5.41) is 3.17. The lowest BCUT2D eigenvalue weighted by atomic mass is 9.96. The number of piperidine rings is 1. The first kappa shape index (κ1) is 12.8. The quantitative estimate of drug-likeness (QED) is 0.762. The molecule has 0 saturated carbocycles. The van der Waals surface area contributed by atoms with Gasteiger partial charge < -0.3 is 10.2 Å². The Morgan fingerprint density at radius 2 is 1.93 bits per heavy atom. The van der Waals surface area contributed by atoms with Crippen LogP contribution in [0.2, 0.25) is 0 Å². The summed E-state index contributed by atoms with van der Waals surface area (Å²) in [6, 6.07) is 0. The molecule has 1 aliphatic heterocycles. The van der Waals surface area contributed by atoms with Crippen LogP contribution in [0.5, 0.6) is 0 Å². The van der Waals surface area contributed by atoms with E-state index in [1.807, 2.05) is 7.05 Å². The molecule has 4 heteroatoms. The zero-order valence-electron chi connectivity index (χ0n) is 9.73. The van der Waals surface area contributed by atoms with Crippen LogP contribution in [0.3, 0.4) is 0 Å². The lowest BCUT2D eigenvalue weighted by molar-refractivity contribution is 0.000328. The van der Waals surface area contributed by atoms with Crippen molar-refractivity contribution in [2.75, 3.05) is 33.2 Å². The lowest BCUT2D eigenvalue weighted by Crippen LogP contribution is -2.38. The molecular weight excluding hydrogens is 198 g/mol. The zero-order valence-corrected chi connectivity index (χ0v) is 9.73. The Balaban J connectivity index is 2.15. The molecule has 1 rings (SSSR count). The highest BCUT2D eigenvalue weighted by atomic mass is 19.3. The third kappa shape index (κ3) is 5.42. The molecule has 1 heterocycles. The van der Waals surface area contributed by atoms with E-state index >= 15 is 0 Å². The summed E-state index contributed by atoms with van der Waals surface area (Å²) in [7, 11) is 1.96. The number of likely N-dealkylation sites (tertiary alicyclic amines) is 1. The SMILES string of the molecule is CNCC1CCN(CCC(C)(F)F)CC1. The molecule has 1 saturated heterocycles. The molecule has 0 aliphatic carbocycles. The van der Waals surface area contributed by atoms with Crippen LogP contribution < -0.4 is 5.32 Å². The maximum Gasteiger partial charge on any atom is 0.246 e. The zero-order chi connectivity index (χ0) is 11.3. The predicted octanol–water partition coefficient (Wildman–Crippen LogP) is 1.96. The number of hydrogen-bond donors (Lipinski definition) is 1. The molecule has 0 unspecified atom stereocenters. The topological polar surface area (TPSA) is 15.3 Å². The van der Waals surface area contributed by atoms with Crippen molar-refractivity contribution in [2.45, 2.75) is 32.1 Å². The molecule has 1 aliphatic rings. The first-order valence-electron chi connectivity index (χ1n) is 5.76. The molecule has 1 fully saturated rings. The number of halogens is 2. The van der Waals surface area contributed by atoms with Crippen molar-refractivity contribution >= 4 is 0 Å². The Bertz CT molecular complexity index is 172. The molecule has 0 spiro atoms. The molecule has 2 nitrogen and oxygen atoms in total. The van der Waals surface area contributed by atoms with Gasteiger partial charge in [0, 0.05) is 13.0 Å². The Kier molecular flexibility index (Phi) is 4.93. The third-order valence-electron chi connectivity index (χ3n) is 3.07. The van der Waals surface area contributed by atoms with E-state index in [9.17, 15) is 8.78 Å². The van der Waals surface area contributed by atoms with Gasteiger partial charge in [-0.05, 0) is 52.4 Å². The standard InChI is InChI=1S/C11H22F2N2/c1-11(12,13)5-8-15-6-3-10(4-7-15)9-14-2/h10,14H,3-9H2,1-2H3. The molecule has 0 aromatic heterocycles. The largest absolute Gasteiger partial charge is 0.319 e. The Morgan fingerprint density at radius 1 is 1.33 bits per heavy atom. The predicted molar refractivity (Wildman–Crippen MR) is 58.3 cm³/mol. The van der Waals surface area contributed by atoms with Gasteiger partial charge in [0.15, 0.2) is 0 Å². The molecule has 0 radical (unpaired) electrons. The van der Waals surface area contributed by atoms with Crippen molar-refractivity contribution < 1.29 is 8.78 Å². The molecule has 90 valence electrons. The minimum absolute atomic E-state index is 0.0102. The molecular formula is C11H22F2N2. The van der Waals surface area contributed by atoms with Crippen molar-refractivity contribution in [1.29, 1.82) is 0 Å². The van der Waals surface area contributed by atoms with Gasteiger partial charge in [-0.2, -0.15) is 0 Å². The molecule has 0 amide bonds. The second-order valence-corrected chi connectivity index (χ2v) is 4.66. The van der Waals surface area contributed by atoms with Crippen LogP contribution in [0.15, 0.2) is 0 Å². The molecule has 15 heavy (non-hydrogen) atoms. The second-order valence-electron chi connectivity index (χ2n) is 4.66. The normalized spacial score (nSPS) is 20.8. The van der Waals surface area contributed by atoms with E-state index in [-0.39, 0.29) is 6.42 Å². The summed E-state index contributed by atoms with van der Waals surface area (Å²) in [6.45, 7) is 4.54. The monoisotopic (exact) mass is 220 g/mol. The van der Waals surface area contributed by atoms with Crippen molar-refractivity contribution in [1.82, 2.24) is 10.2 Å². The van der Waals surface area contributed by atoms with Crippen LogP contribution in [-0.4, -0.2) is 44.0 Å². The number of nitrogens with zero attached hydrogens (tertiary/aromatic N) is 1. The summed E-state index contributed by atoms with van der Waals surface area (Å²) in [4.78, 5) is 2.16. The maximum absolute atomic E-state index is 12.6. The Hall–Kier alpha value is -0.220. The van der Waals surface area contributed by atoms with Crippen LogP contribution >= 0.6 is 0 Å². The van der Waals surface area contributed by atoms with Crippen molar-refractivity contribution in [3.05, 3.63) is 0 Å². The fourth-order valence-electron chi connectivity index (χ4n) is 2.06. The van der Waals surface area contributed by atoms with Crippen molar-refractivity contribution in [3.63, 3.8) is 0 Å². The Labute approximate surface area is 91.0 Å². The van der Waals surface area contributed by atoms with Crippen molar-refractivity contribution in [2.24, 2.45) is 5.92 Å². The first-order valence-corrected chi connectivity index (χ1v) is 5.76. The maximum atomic E-state index is 12.6. The van der Waals surface area contributed by atoms with Gasteiger partial charge in [-0.3, -0.25) is 0 Å². The van der Waals surface area contributed by atoms with Gasteiger partial charge in [0.05, 0.1) is 0 Å². The van der Waals surface area contributed by atoms with Gasteiger partial charge in [-0.15, -0.1) is 0 Å². The summed E-state index contributed by atoms with van der Waals surface area (Å²) < 4.78 is 25.3. The summed E-state index contributed by atoms with van der Waals surface area (Å²) in [6.07, 6.45) is 2.26. The third-order valence-corrected chi connectivity index (χ3v) is 3.07. The Morgan fingerprint density at radius 3 is 2.40 bits per heavy atom. The molecule has 0 aromatic rings. The van der Waals surface area contributed by atoms with Crippen LogP contribution in [-0.2, 0) is 0 Å². The van der Waals surface area contributed by atoms with Crippen molar-refractivity contribution in [3.8, 4) is 0 Å². The van der Waals surface area contributed by atoms with Gasteiger partial charge in [-0.25, -0.2) is 8.78 Å². The number of alkyl halides is 2. The minimum Gasteiger partial charge on any atom is -0.319 e. The fraction of sp³-hybridized carbons (Fsp3) is 1.00. The average molecular weight is 220 g/mol. The van der Waals surface area contributed by atoms with E-state index < -0.39 is 5.92 Å². The van der Waals surface area contributed by atoms with E-state index in [1.54, 1.807) is 0 Å². The molecule has 0 aromatic carbocycles. The lowest BCUT2D eigenvalue weighted by Gasteiger charge is -2.32. The van der Waals surface area contributed by atoms with Gasteiger partial charge in [0.2, 0.25) is 5.92 Å². The molecule has 0 bridgehead atoms. The average Bonchev–Trinajstić information content (AvgIpc) is 2.16. The second kappa shape index (κ2) is 5.75. The first-order chi connectivity index (χ1) is 7.01. The smallest absolute Gasteiger partial charge is 0.246 e. The highest BCUT2D eigenvalue weighted by Crippen LogP contribution is 2.20. The van der Waals surface area contributed by atoms with Gasteiger partial charge in [0.25, 0.3) is 0 Å². The fourth-order valence-corrected chi connectivity index (χ4v) is 2.06. The van der Waals surface area contributed by atoms with Crippen LogP contribution in [0.4, 0.5) is 8.78 Å². The van der Waals surface area contributed by atoms with Crippen LogP contribution in [0.1, 0.15) is 26.2 Å². The van der Waals surface area contributed by atoms with Crippen LogP contribution in [0.25, 0.3) is 0 Å². The highest BCUT2D eigenvalue weighted by Gasteiger charge is 2.24.